The summed E-state index contributed by atoms with van der Waals surface area (Å²) in [5.74, 6) is -1.58. The molecule has 1 atom stereocenters. The van der Waals surface area contributed by atoms with E-state index in [4.69, 9.17) is 5.73 Å². The molecule has 112 valence electrons. The van der Waals surface area contributed by atoms with E-state index in [2.05, 4.69) is 5.32 Å². The highest BCUT2D eigenvalue weighted by molar-refractivity contribution is 7.99. The van der Waals surface area contributed by atoms with Crippen LogP contribution in [-0.2, 0) is 4.79 Å². The van der Waals surface area contributed by atoms with Gasteiger partial charge in [0, 0.05) is 16.7 Å². The second-order valence-electron chi connectivity index (χ2n) is 5.17. The topological polar surface area (TPSA) is 55.1 Å². The Labute approximate surface area is 122 Å². The van der Waals surface area contributed by atoms with Gasteiger partial charge in [0.1, 0.15) is 0 Å². The molecule has 20 heavy (non-hydrogen) atoms. The van der Waals surface area contributed by atoms with E-state index in [1.807, 2.05) is 13.8 Å². The molecule has 3 nitrogen and oxygen atoms in total. The SMILES string of the molecule is CC(C)NC(C)(CCSc1ccc(F)c(F)c1)C(N)=O. The number of nitrogens with one attached hydrogen (secondary N) is 1. The summed E-state index contributed by atoms with van der Waals surface area (Å²) in [6.07, 6.45) is 0.504. The largest absolute Gasteiger partial charge is 0.368 e. The Bertz CT molecular complexity index is 482. The highest BCUT2D eigenvalue weighted by Gasteiger charge is 2.30. The van der Waals surface area contributed by atoms with Crippen molar-refractivity contribution in [2.24, 2.45) is 5.73 Å². The average molecular weight is 302 g/mol. The number of carbonyl (C=O) groups excluding carboxylic acids is 1. The predicted octanol–water partition coefficient (Wildman–Crippen LogP) is 2.69. The first-order valence-corrected chi connectivity index (χ1v) is 7.38. The van der Waals surface area contributed by atoms with Gasteiger partial charge in [0.05, 0.1) is 5.54 Å². The lowest BCUT2D eigenvalue weighted by atomic mass is 9.97. The number of benzene rings is 1. The molecule has 1 aromatic carbocycles. The van der Waals surface area contributed by atoms with Crippen LogP contribution in [0.1, 0.15) is 27.2 Å². The molecule has 0 saturated carbocycles. The van der Waals surface area contributed by atoms with E-state index in [9.17, 15) is 13.6 Å². The molecule has 0 aromatic heterocycles. The van der Waals surface area contributed by atoms with Crippen molar-refractivity contribution in [2.45, 2.75) is 43.7 Å². The summed E-state index contributed by atoms with van der Waals surface area (Å²) in [7, 11) is 0. The van der Waals surface area contributed by atoms with E-state index < -0.39 is 23.1 Å². The number of rotatable bonds is 7. The summed E-state index contributed by atoms with van der Waals surface area (Å²) in [4.78, 5) is 12.2. The van der Waals surface area contributed by atoms with Crippen LogP contribution in [0.5, 0.6) is 0 Å². The van der Waals surface area contributed by atoms with E-state index in [0.29, 0.717) is 17.1 Å². The van der Waals surface area contributed by atoms with Gasteiger partial charge in [0.15, 0.2) is 11.6 Å². The maximum Gasteiger partial charge on any atom is 0.237 e. The summed E-state index contributed by atoms with van der Waals surface area (Å²) in [6, 6.07) is 3.88. The highest BCUT2D eigenvalue weighted by Crippen LogP contribution is 2.23. The van der Waals surface area contributed by atoms with Gasteiger partial charge >= 0.3 is 0 Å². The number of primary amides is 1. The van der Waals surface area contributed by atoms with Crippen LogP contribution in [-0.4, -0.2) is 23.2 Å². The molecule has 0 saturated heterocycles. The van der Waals surface area contributed by atoms with Gasteiger partial charge in [0.25, 0.3) is 0 Å². The third kappa shape index (κ3) is 4.76. The van der Waals surface area contributed by atoms with Crippen LogP contribution in [0.4, 0.5) is 8.78 Å². The third-order valence-corrected chi connectivity index (χ3v) is 3.91. The Morgan fingerprint density at radius 2 is 2.05 bits per heavy atom. The van der Waals surface area contributed by atoms with Crippen molar-refractivity contribution >= 4 is 17.7 Å². The molecule has 0 fully saturated rings. The smallest absolute Gasteiger partial charge is 0.237 e. The van der Waals surface area contributed by atoms with Gasteiger partial charge in [-0.2, -0.15) is 0 Å². The maximum atomic E-state index is 13.1. The summed E-state index contributed by atoms with van der Waals surface area (Å²) in [5, 5.41) is 3.14. The van der Waals surface area contributed by atoms with Crippen molar-refractivity contribution in [3.8, 4) is 0 Å². The molecular weight excluding hydrogens is 282 g/mol. The zero-order chi connectivity index (χ0) is 15.3. The molecule has 1 amide bonds. The summed E-state index contributed by atoms with van der Waals surface area (Å²) < 4.78 is 25.9. The summed E-state index contributed by atoms with van der Waals surface area (Å²) in [5.41, 5.74) is 4.62. The van der Waals surface area contributed by atoms with Crippen LogP contribution < -0.4 is 11.1 Å². The van der Waals surface area contributed by atoms with Crippen LogP contribution in [0.15, 0.2) is 23.1 Å². The Kier molecular flexibility index (Phi) is 5.95. The molecule has 0 heterocycles. The molecule has 0 aliphatic rings. The zero-order valence-electron chi connectivity index (χ0n) is 11.9. The minimum atomic E-state index is -0.868. The second-order valence-corrected chi connectivity index (χ2v) is 6.34. The fraction of sp³-hybridized carbons (Fsp3) is 0.500. The Hall–Kier alpha value is -1.14. The monoisotopic (exact) mass is 302 g/mol. The van der Waals surface area contributed by atoms with Gasteiger partial charge in [-0.25, -0.2) is 8.78 Å². The Balaban J connectivity index is 2.60. The van der Waals surface area contributed by atoms with Crippen LogP contribution in [0, 0.1) is 11.6 Å². The van der Waals surface area contributed by atoms with Crippen LogP contribution >= 0.6 is 11.8 Å². The molecule has 1 rings (SSSR count). The standard InChI is InChI=1S/C14H20F2N2OS/c1-9(2)18-14(3,13(17)19)6-7-20-10-4-5-11(15)12(16)8-10/h4-5,8-9,18H,6-7H2,1-3H3,(H2,17,19). The number of halogens is 2. The number of amides is 1. The predicted molar refractivity (Wildman–Crippen MR) is 77.6 cm³/mol. The lowest BCUT2D eigenvalue weighted by Crippen LogP contribution is -2.55. The molecule has 0 spiro atoms. The van der Waals surface area contributed by atoms with Gasteiger partial charge in [-0.3, -0.25) is 4.79 Å². The molecule has 1 aromatic rings. The molecule has 0 radical (unpaired) electrons. The molecule has 1 unspecified atom stereocenters. The molecule has 6 heteroatoms. The molecular formula is C14H20F2N2OS. The van der Waals surface area contributed by atoms with Crippen LogP contribution in [0.25, 0.3) is 0 Å². The minimum Gasteiger partial charge on any atom is -0.368 e. The minimum absolute atomic E-state index is 0.126. The van der Waals surface area contributed by atoms with Gasteiger partial charge in [-0.15, -0.1) is 11.8 Å². The Morgan fingerprint density at radius 3 is 2.55 bits per heavy atom. The number of thioether (sulfide) groups is 1. The number of hydrogen-bond acceptors (Lipinski definition) is 3. The lowest BCUT2D eigenvalue weighted by Gasteiger charge is -2.29. The van der Waals surface area contributed by atoms with Gasteiger partial charge < -0.3 is 11.1 Å². The van der Waals surface area contributed by atoms with Crippen molar-refractivity contribution in [3.63, 3.8) is 0 Å². The number of carbonyl (C=O) groups is 1. The highest BCUT2D eigenvalue weighted by atomic mass is 32.2. The van der Waals surface area contributed by atoms with Crippen molar-refractivity contribution in [1.82, 2.24) is 5.32 Å². The Morgan fingerprint density at radius 1 is 1.40 bits per heavy atom. The van der Waals surface area contributed by atoms with Crippen molar-refractivity contribution in [1.29, 1.82) is 0 Å². The van der Waals surface area contributed by atoms with E-state index >= 15 is 0 Å². The maximum absolute atomic E-state index is 13.1. The first kappa shape index (κ1) is 16.9. The molecule has 0 aliphatic heterocycles. The number of hydrogen-bond donors (Lipinski definition) is 2. The summed E-state index contributed by atoms with van der Waals surface area (Å²) in [6.45, 7) is 5.62. The quantitative estimate of drug-likeness (QED) is 0.761. The van der Waals surface area contributed by atoms with Gasteiger partial charge in [-0.05, 0) is 45.4 Å². The van der Waals surface area contributed by atoms with Crippen LogP contribution in [0.3, 0.4) is 0 Å². The molecule has 3 N–H and O–H groups in total. The van der Waals surface area contributed by atoms with Gasteiger partial charge in [0.2, 0.25) is 5.91 Å². The van der Waals surface area contributed by atoms with E-state index in [1.165, 1.54) is 17.8 Å². The summed E-state index contributed by atoms with van der Waals surface area (Å²) >= 11 is 1.36. The lowest BCUT2D eigenvalue weighted by molar-refractivity contribution is -0.124. The fourth-order valence-electron chi connectivity index (χ4n) is 1.84. The van der Waals surface area contributed by atoms with E-state index in [-0.39, 0.29) is 6.04 Å². The van der Waals surface area contributed by atoms with Crippen molar-refractivity contribution < 1.29 is 13.6 Å². The first-order valence-electron chi connectivity index (χ1n) is 6.40. The fourth-order valence-corrected chi connectivity index (χ4v) is 2.94. The normalized spacial score (nSPS) is 14.3. The van der Waals surface area contributed by atoms with Crippen LogP contribution in [0.2, 0.25) is 0 Å². The van der Waals surface area contributed by atoms with Crippen molar-refractivity contribution in [2.75, 3.05) is 5.75 Å². The zero-order valence-corrected chi connectivity index (χ0v) is 12.7. The van der Waals surface area contributed by atoms with E-state index in [1.54, 1.807) is 6.92 Å². The van der Waals surface area contributed by atoms with Crippen molar-refractivity contribution in [3.05, 3.63) is 29.8 Å². The second kappa shape index (κ2) is 7.04. The average Bonchev–Trinajstić information content (AvgIpc) is 2.32. The van der Waals surface area contributed by atoms with E-state index in [0.717, 1.165) is 12.1 Å². The van der Waals surface area contributed by atoms with Gasteiger partial charge in [-0.1, -0.05) is 0 Å². The number of nitrogens with two attached hydrogens (primary N) is 1. The third-order valence-electron chi connectivity index (χ3n) is 2.91. The molecule has 0 aliphatic carbocycles. The molecule has 0 bridgehead atoms. The first-order chi connectivity index (χ1) is 9.24.